The molecule has 1 aliphatic heterocycles. The lowest BCUT2D eigenvalue weighted by atomic mass is 10.2. The molecule has 3 aromatic heterocycles. The van der Waals surface area contributed by atoms with Gasteiger partial charge in [-0.15, -0.1) is 0 Å². The first-order valence-electron chi connectivity index (χ1n) is 8.89. The van der Waals surface area contributed by atoms with Crippen LogP contribution in [0.1, 0.15) is 41.6 Å². The highest BCUT2D eigenvalue weighted by molar-refractivity contribution is 5.12. The van der Waals surface area contributed by atoms with Gasteiger partial charge in [-0.1, -0.05) is 11.2 Å². The summed E-state index contributed by atoms with van der Waals surface area (Å²) in [5.74, 6) is 1.92. The number of aryl methyl sites for hydroxylation is 1. The maximum absolute atomic E-state index is 5.83. The molecule has 0 unspecified atom stereocenters. The van der Waals surface area contributed by atoms with Gasteiger partial charge in [0.05, 0.1) is 42.5 Å². The summed E-state index contributed by atoms with van der Waals surface area (Å²) < 4.78 is 13.3. The van der Waals surface area contributed by atoms with Crippen LogP contribution >= 0.6 is 0 Å². The van der Waals surface area contributed by atoms with Gasteiger partial charge in [-0.05, 0) is 26.0 Å². The predicted octanol–water partition coefficient (Wildman–Crippen LogP) is 2.87. The summed E-state index contributed by atoms with van der Waals surface area (Å²) in [6.45, 7) is 7.77. The van der Waals surface area contributed by atoms with Crippen LogP contribution < -0.4 is 0 Å². The monoisotopic (exact) mass is 353 g/mol. The molecular weight excluding hydrogens is 330 g/mol. The first kappa shape index (κ1) is 16.9. The molecule has 0 fully saturated rings. The largest absolute Gasteiger partial charge is 0.369 e. The highest BCUT2D eigenvalue weighted by Crippen LogP contribution is 2.27. The van der Waals surface area contributed by atoms with Gasteiger partial charge in [0, 0.05) is 31.9 Å². The van der Waals surface area contributed by atoms with Gasteiger partial charge in [0.1, 0.15) is 11.6 Å². The number of nitrogens with zero attached hydrogens (tertiary/aromatic N) is 5. The van der Waals surface area contributed by atoms with E-state index in [1.54, 1.807) is 6.20 Å². The Bertz CT molecular complexity index is 858. The van der Waals surface area contributed by atoms with Gasteiger partial charge in [0.2, 0.25) is 0 Å². The number of imidazole rings is 1. The Morgan fingerprint density at radius 2 is 2.12 bits per heavy atom. The molecule has 4 rings (SSSR count). The van der Waals surface area contributed by atoms with Gasteiger partial charge >= 0.3 is 0 Å². The highest BCUT2D eigenvalue weighted by Gasteiger charge is 2.27. The lowest BCUT2D eigenvalue weighted by Gasteiger charge is -2.33. The first-order chi connectivity index (χ1) is 12.7. The molecule has 0 aromatic carbocycles. The van der Waals surface area contributed by atoms with E-state index in [4.69, 9.17) is 9.26 Å². The molecule has 0 amide bonds. The van der Waals surface area contributed by atoms with E-state index in [2.05, 4.69) is 31.5 Å². The topological polar surface area (TPSA) is 69.2 Å². The Balaban J connectivity index is 1.39. The number of hydrogen-bond donors (Lipinski definition) is 0. The minimum Gasteiger partial charge on any atom is -0.369 e. The predicted molar refractivity (Wildman–Crippen MR) is 95.0 cm³/mol. The summed E-state index contributed by atoms with van der Waals surface area (Å²) in [6.07, 6.45) is 3.71. The van der Waals surface area contributed by atoms with Gasteiger partial charge in [0.15, 0.2) is 0 Å². The number of ether oxygens (including phenoxy) is 1. The van der Waals surface area contributed by atoms with E-state index >= 15 is 0 Å². The summed E-state index contributed by atoms with van der Waals surface area (Å²) in [5, 5.41) is 4.11. The summed E-state index contributed by atoms with van der Waals surface area (Å²) in [7, 11) is 0. The fraction of sp³-hybridized carbons (Fsp3) is 0.421. The molecule has 1 atom stereocenters. The molecule has 0 bridgehead atoms. The van der Waals surface area contributed by atoms with E-state index in [0.717, 1.165) is 48.3 Å². The van der Waals surface area contributed by atoms with Crippen LogP contribution in [0.2, 0.25) is 0 Å². The molecule has 7 heteroatoms. The molecule has 26 heavy (non-hydrogen) atoms. The number of hydrogen-bond acceptors (Lipinski definition) is 6. The third-order valence-corrected chi connectivity index (χ3v) is 4.77. The number of pyridine rings is 1. The Morgan fingerprint density at radius 3 is 2.88 bits per heavy atom. The average molecular weight is 353 g/mol. The third-order valence-electron chi connectivity index (χ3n) is 4.77. The fourth-order valence-electron chi connectivity index (χ4n) is 3.38. The van der Waals surface area contributed by atoms with Crippen molar-refractivity contribution in [3.05, 3.63) is 65.3 Å². The van der Waals surface area contributed by atoms with Crippen molar-refractivity contribution >= 4 is 0 Å². The normalized spacial score (nSPS) is 17.4. The Labute approximate surface area is 152 Å². The van der Waals surface area contributed by atoms with Crippen LogP contribution in [0.4, 0.5) is 0 Å². The second-order valence-corrected chi connectivity index (χ2v) is 6.65. The number of aromatic nitrogens is 4. The van der Waals surface area contributed by atoms with Gasteiger partial charge < -0.3 is 13.8 Å². The lowest BCUT2D eigenvalue weighted by Crippen LogP contribution is -2.37. The second-order valence-electron chi connectivity index (χ2n) is 6.65. The molecule has 4 heterocycles. The molecule has 7 nitrogen and oxygen atoms in total. The molecule has 0 aliphatic carbocycles. The van der Waals surface area contributed by atoms with Crippen LogP contribution in [0.3, 0.4) is 0 Å². The zero-order valence-corrected chi connectivity index (χ0v) is 15.1. The molecule has 136 valence electrons. The van der Waals surface area contributed by atoms with Crippen molar-refractivity contribution in [3.63, 3.8) is 0 Å². The van der Waals surface area contributed by atoms with E-state index in [1.165, 1.54) is 0 Å². The SMILES string of the molecule is Cc1cc(CN2CCn3c(COCc4ccccn4)cnc3[C@H]2C)no1. The Morgan fingerprint density at radius 1 is 1.19 bits per heavy atom. The molecule has 3 aromatic rings. The van der Waals surface area contributed by atoms with Crippen LogP contribution in [-0.4, -0.2) is 31.1 Å². The van der Waals surface area contributed by atoms with Gasteiger partial charge in [-0.2, -0.15) is 0 Å². The maximum Gasteiger partial charge on any atom is 0.133 e. The fourth-order valence-corrected chi connectivity index (χ4v) is 3.38. The molecule has 0 saturated heterocycles. The number of fused-ring (bicyclic) bond motifs is 1. The van der Waals surface area contributed by atoms with Crippen LogP contribution in [0.25, 0.3) is 0 Å². The van der Waals surface area contributed by atoms with E-state index in [-0.39, 0.29) is 6.04 Å². The summed E-state index contributed by atoms with van der Waals surface area (Å²) in [5.41, 5.74) is 3.02. The molecule has 0 N–H and O–H groups in total. The molecule has 0 radical (unpaired) electrons. The lowest BCUT2D eigenvalue weighted by molar-refractivity contribution is 0.0946. The third kappa shape index (κ3) is 3.54. The van der Waals surface area contributed by atoms with E-state index in [1.807, 2.05) is 37.4 Å². The zero-order chi connectivity index (χ0) is 17.9. The smallest absolute Gasteiger partial charge is 0.133 e. The maximum atomic E-state index is 5.83. The van der Waals surface area contributed by atoms with Gasteiger partial charge in [-0.3, -0.25) is 9.88 Å². The van der Waals surface area contributed by atoms with Crippen molar-refractivity contribution in [2.75, 3.05) is 6.54 Å². The summed E-state index contributed by atoms with van der Waals surface area (Å²) >= 11 is 0. The Kier molecular flexibility index (Phi) is 4.81. The van der Waals surface area contributed by atoms with Crippen LogP contribution in [0.15, 0.2) is 41.2 Å². The Hall–Kier alpha value is -2.51. The minimum atomic E-state index is 0.227. The van der Waals surface area contributed by atoms with Crippen LogP contribution in [0, 0.1) is 6.92 Å². The van der Waals surface area contributed by atoms with Crippen molar-refractivity contribution in [3.8, 4) is 0 Å². The zero-order valence-electron chi connectivity index (χ0n) is 15.1. The van der Waals surface area contributed by atoms with E-state index in [9.17, 15) is 0 Å². The van der Waals surface area contributed by atoms with Crippen molar-refractivity contribution in [2.24, 2.45) is 0 Å². The van der Waals surface area contributed by atoms with E-state index < -0.39 is 0 Å². The molecular formula is C19H23N5O2. The van der Waals surface area contributed by atoms with Crippen molar-refractivity contribution in [1.29, 1.82) is 0 Å². The van der Waals surface area contributed by atoms with Gasteiger partial charge in [-0.25, -0.2) is 4.98 Å². The van der Waals surface area contributed by atoms with Gasteiger partial charge in [0.25, 0.3) is 0 Å². The number of rotatable bonds is 6. The molecule has 0 spiro atoms. The highest BCUT2D eigenvalue weighted by atomic mass is 16.5. The standard InChI is InChI=1S/C19H23N5O2/c1-14-9-17(22-26-14)11-23-7-8-24-18(10-21-19(24)15(23)2)13-25-12-16-5-3-4-6-20-16/h3-6,9-10,15H,7-8,11-13H2,1-2H3/t15-/m1/s1. The summed E-state index contributed by atoms with van der Waals surface area (Å²) in [4.78, 5) is 11.3. The quantitative estimate of drug-likeness (QED) is 0.679. The van der Waals surface area contributed by atoms with Crippen molar-refractivity contribution < 1.29 is 9.26 Å². The van der Waals surface area contributed by atoms with Crippen molar-refractivity contribution in [2.45, 2.75) is 46.2 Å². The van der Waals surface area contributed by atoms with E-state index in [0.29, 0.717) is 13.2 Å². The van der Waals surface area contributed by atoms with Crippen molar-refractivity contribution in [1.82, 2.24) is 24.6 Å². The second kappa shape index (κ2) is 7.39. The molecule has 0 saturated carbocycles. The average Bonchev–Trinajstić information content (AvgIpc) is 3.25. The molecule has 1 aliphatic rings. The minimum absolute atomic E-state index is 0.227. The van der Waals surface area contributed by atoms with Crippen LogP contribution in [-0.2, 0) is 31.0 Å². The first-order valence-corrected chi connectivity index (χ1v) is 8.89. The summed E-state index contributed by atoms with van der Waals surface area (Å²) in [6, 6.07) is 8.07. The van der Waals surface area contributed by atoms with Crippen LogP contribution in [0.5, 0.6) is 0 Å².